The van der Waals surface area contributed by atoms with E-state index < -0.39 is 35.3 Å². The molecule has 8 rings (SSSR count). The number of carbonyl (C=O) groups excluding carboxylic acids is 3. The average Bonchev–Trinajstić information content (AvgIpc) is 3.75. The number of carbonyl (C=O) groups is 3. The summed E-state index contributed by atoms with van der Waals surface area (Å²) in [4.78, 5) is 53.5. The van der Waals surface area contributed by atoms with Crippen molar-refractivity contribution in [2.24, 2.45) is 18.0 Å². The summed E-state index contributed by atoms with van der Waals surface area (Å²) in [6.07, 6.45) is 3.74. The van der Waals surface area contributed by atoms with Crippen LogP contribution < -0.4 is 30.5 Å². The van der Waals surface area contributed by atoms with Gasteiger partial charge in [-0.3, -0.25) is 29.6 Å². The smallest absolute Gasteiger partial charge is 0.280 e. The molecule has 15 nitrogen and oxygen atoms in total. The van der Waals surface area contributed by atoms with Gasteiger partial charge in [-0.05, 0) is 74.6 Å². The lowest BCUT2D eigenvalue weighted by atomic mass is 9.89. The third-order valence-corrected chi connectivity index (χ3v) is 11.6. The minimum atomic E-state index is -1.06. The highest BCUT2D eigenvalue weighted by molar-refractivity contribution is 6.19. The van der Waals surface area contributed by atoms with Crippen LogP contribution in [0.3, 0.4) is 0 Å². The second-order valence-corrected chi connectivity index (χ2v) is 15.9. The van der Waals surface area contributed by atoms with Crippen molar-refractivity contribution in [3.63, 3.8) is 0 Å². The van der Waals surface area contributed by atoms with Crippen LogP contribution in [-0.2, 0) is 16.6 Å². The quantitative estimate of drug-likeness (QED) is 0.205. The molecule has 60 heavy (non-hydrogen) atoms. The number of ether oxygens (including phenoxy) is 1. The Kier molecular flexibility index (Phi) is 11.5. The third kappa shape index (κ3) is 8.37. The van der Waals surface area contributed by atoms with Crippen molar-refractivity contribution in [2.45, 2.75) is 57.9 Å². The van der Waals surface area contributed by atoms with Crippen LogP contribution >= 0.6 is 0 Å². The van der Waals surface area contributed by atoms with E-state index in [1.165, 1.54) is 12.1 Å². The predicted octanol–water partition coefficient (Wildman–Crippen LogP) is 5.34. The molecule has 312 valence electrons. The second-order valence-electron chi connectivity index (χ2n) is 15.9. The van der Waals surface area contributed by atoms with Gasteiger partial charge in [0.05, 0.1) is 53.8 Å². The Morgan fingerprint density at radius 3 is 2.63 bits per heavy atom. The van der Waals surface area contributed by atoms with E-state index in [0.717, 1.165) is 29.9 Å². The molecule has 3 atom stereocenters. The molecule has 4 aliphatic rings. The summed E-state index contributed by atoms with van der Waals surface area (Å²) in [5.41, 5.74) is 4.99. The molecule has 3 N–H and O–H groups in total. The Bertz CT molecular complexity index is 2390. The molecule has 6 heterocycles. The number of anilines is 4. The van der Waals surface area contributed by atoms with Crippen LogP contribution in [-0.4, -0.2) is 95.3 Å². The van der Waals surface area contributed by atoms with Crippen LogP contribution in [0, 0.1) is 35.8 Å². The molecule has 2 fully saturated rings. The number of halogens is 2. The number of imide groups is 1. The molecule has 2 saturated heterocycles. The van der Waals surface area contributed by atoms with Gasteiger partial charge in [-0.15, -0.1) is 0 Å². The number of hydrogen-bond donors (Lipinski definition) is 3. The molecule has 0 spiro atoms. The lowest BCUT2D eigenvalue weighted by molar-refractivity contribution is -0.134. The fraction of sp³-hybridized carbons (Fsp3) is 0.419. The zero-order chi connectivity index (χ0) is 42.1. The van der Waals surface area contributed by atoms with Gasteiger partial charge in [0, 0.05) is 87.0 Å². The lowest BCUT2D eigenvalue weighted by Gasteiger charge is -2.42. The van der Waals surface area contributed by atoms with Crippen molar-refractivity contribution in [2.75, 3.05) is 66.3 Å². The number of fused-ring (bicyclic) bond motifs is 7. The van der Waals surface area contributed by atoms with Gasteiger partial charge in [0.1, 0.15) is 11.6 Å². The van der Waals surface area contributed by atoms with Gasteiger partial charge in [-0.1, -0.05) is 6.92 Å². The van der Waals surface area contributed by atoms with E-state index in [2.05, 4.69) is 64.8 Å². The highest BCUT2D eigenvalue weighted by Gasteiger charge is 2.34. The first-order valence-electron chi connectivity index (χ1n) is 20.3. The first-order chi connectivity index (χ1) is 28.9. The number of piperidine rings is 1. The molecule has 0 aliphatic carbocycles. The number of aromatic nitrogens is 3. The first kappa shape index (κ1) is 40.4. The topological polar surface area (TPSA) is 173 Å². The summed E-state index contributed by atoms with van der Waals surface area (Å²) < 4.78 is 38.2. The van der Waals surface area contributed by atoms with Gasteiger partial charge in [0.15, 0.2) is 0 Å². The molecule has 17 heteroatoms. The molecule has 3 amide bonds. The maximum Gasteiger partial charge on any atom is 0.280 e. The third-order valence-electron chi connectivity index (χ3n) is 11.6. The maximum absolute atomic E-state index is 15.1. The van der Waals surface area contributed by atoms with Crippen LogP contribution in [0.2, 0.25) is 0 Å². The molecule has 2 bridgehead atoms. The molecule has 2 aromatic carbocycles. The number of nitriles is 1. The molecular formula is C43H47F2N11O4. The molecule has 0 unspecified atom stereocenters. The van der Waals surface area contributed by atoms with Crippen molar-refractivity contribution in [1.82, 2.24) is 25.0 Å². The van der Waals surface area contributed by atoms with Gasteiger partial charge in [-0.25, -0.2) is 13.5 Å². The predicted molar refractivity (Wildman–Crippen MR) is 222 cm³/mol. The van der Waals surface area contributed by atoms with Gasteiger partial charge in [-0.2, -0.15) is 15.4 Å². The van der Waals surface area contributed by atoms with Crippen molar-refractivity contribution in [3.05, 3.63) is 77.1 Å². The number of rotatable bonds is 7. The van der Waals surface area contributed by atoms with Crippen molar-refractivity contribution in [1.29, 1.82) is 5.26 Å². The van der Waals surface area contributed by atoms with E-state index in [1.807, 2.05) is 26.1 Å². The fourth-order valence-corrected chi connectivity index (χ4v) is 8.54. The number of guanidine groups is 1. The lowest BCUT2D eigenvalue weighted by Crippen LogP contribution is -2.54. The summed E-state index contributed by atoms with van der Waals surface area (Å²) in [5, 5.41) is 22.8. The number of benzene rings is 2. The zero-order valence-electron chi connectivity index (χ0n) is 33.8. The minimum absolute atomic E-state index is 0.0192. The van der Waals surface area contributed by atoms with E-state index in [0.29, 0.717) is 80.2 Å². The van der Waals surface area contributed by atoms with Crippen molar-refractivity contribution in [3.8, 4) is 23.2 Å². The number of pyridine rings is 1. The van der Waals surface area contributed by atoms with Crippen LogP contribution in [0.4, 0.5) is 31.5 Å². The standard InChI is InChI=1S/C43H47F2N11O4/c1-25-5-4-16-60-42-32(22-48-53(42)3)36-18-27(17-26(2)49-36)40(58)52-43-50-35-8-6-29(21-37(35)56(43)23-25)55-15-14-54(30(24-55)10-11-46)13-12-47-28-19-33(44)39(34(45)20-28)31-7-9-38(57)51-41(31)59/h6,8,17-22,25,30-31,47H,4-5,7,9-10,12-16,23-24H2,1-3H3,(H,50,52,58)(H,51,57,59)/t25-,30-,31-/m1/s1. The average molecular weight is 820 g/mol. The highest BCUT2D eigenvalue weighted by atomic mass is 19.1. The van der Waals surface area contributed by atoms with Crippen molar-refractivity contribution >= 4 is 46.4 Å². The zero-order valence-corrected chi connectivity index (χ0v) is 33.8. The SMILES string of the molecule is Cc1cc2cc(n1)-c1cnn(C)c1OCCC[C@@H](C)CN1/C(=N/C2=O)Nc2ccc(N3CCN(CCNc4cc(F)c([C@H]5CCC(=O)NC5=O)c(F)c4)[C@H](CC#N)C3)cc21. The van der Waals surface area contributed by atoms with E-state index in [4.69, 9.17) is 4.74 Å². The number of amides is 3. The van der Waals surface area contributed by atoms with Gasteiger partial charge < -0.3 is 25.2 Å². The Balaban J connectivity index is 0.966. The van der Waals surface area contributed by atoms with E-state index in [1.54, 1.807) is 23.0 Å². The first-order valence-corrected chi connectivity index (χ1v) is 20.3. The highest BCUT2D eigenvalue weighted by Crippen LogP contribution is 2.38. The molecule has 4 aliphatic heterocycles. The maximum atomic E-state index is 15.1. The Morgan fingerprint density at radius 2 is 1.85 bits per heavy atom. The number of nitrogens with one attached hydrogen (secondary N) is 3. The van der Waals surface area contributed by atoms with Crippen LogP contribution in [0.5, 0.6) is 5.88 Å². The minimum Gasteiger partial charge on any atom is -0.477 e. The molecule has 0 radical (unpaired) electrons. The largest absolute Gasteiger partial charge is 0.477 e. The number of piperazine rings is 1. The van der Waals surface area contributed by atoms with Crippen LogP contribution in [0.15, 0.2) is 53.7 Å². The monoisotopic (exact) mass is 819 g/mol. The van der Waals surface area contributed by atoms with E-state index in [-0.39, 0.29) is 42.5 Å². The van der Waals surface area contributed by atoms with E-state index in [9.17, 15) is 19.6 Å². The van der Waals surface area contributed by atoms with Crippen molar-refractivity contribution < 1.29 is 27.9 Å². The number of aliphatic imine (C=N–C) groups is 1. The fourth-order valence-electron chi connectivity index (χ4n) is 8.54. The van der Waals surface area contributed by atoms with Gasteiger partial charge in [0.2, 0.25) is 23.7 Å². The summed E-state index contributed by atoms with van der Waals surface area (Å²) in [7, 11) is 1.82. The Morgan fingerprint density at radius 1 is 1.03 bits per heavy atom. The van der Waals surface area contributed by atoms with Crippen LogP contribution in [0.25, 0.3) is 11.3 Å². The molecule has 2 aromatic heterocycles. The van der Waals surface area contributed by atoms with Crippen LogP contribution in [0.1, 0.15) is 66.6 Å². The summed E-state index contributed by atoms with van der Waals surface area (Å²) in [5.74, 6) is -3.04. The Labute approximate surface area is 346 Å². The second kappa shape index (κ2) is 17.1. The summed E-state index contributed by atoms with van der Waals surface area (Å²) >= 11 is 0. The molecule has 4 aromatic rings. The normalized spacial score (nSPS) is 21.8. The number of aryl methyl sites for hydroxylation is 2. The summed E-state index contributed by atoms with van der Waals surface area (Å²) in [6, 6.07) is 14.2. The summed E-state index contributed by atoms with van der Waals surface area (Å²) in [6.45, 7) is 7.93. The Hall–Kier alpha value is -6.41. The molecule has 0 saturated carbocycles. The number of nitrogens with zero attached hydrogens (tertiary/aromatic N) is 8. The molecular weight excluding hydrogens is 773 g/mol. The number of hydrogen-bond acceptors (Lipinski definition) is 12. The van der Waals surface area contributed by atoms with Gasteiger partial charge in [0.25, 0.3) is 5.91 Å². The van der Waals surface area contributed by atoms with Gasteiger partial charge >= 0.3 is 0 Å². The van der Waals surface area contributed by atoms with E-state index >= 15 is 8.78 Å².